The molecule has 0 fully saturated rings. The summed E-state index contributed by atoms with van der Waals surface area (Å²) < 4.78 is 11.2. The van der Waals surface area contributed by atoms with Gasteiger partial charge in [0.25, 0.3) is 0 Å². The Bertz CT molecular complexity index is 3530. The number of nitrogens with zero attached hydrogens (tertiary/aromatic N) is 3. The first-order valence-corrected chi connectivity index (χ1v) is 20.6. The van der Waals surface area contributed by atoms with E-state index in [2.05, 4.69) is 127 Å². The third kappa shape index (κ3) is 5.22. The van der Waals surface area contributed by atoms with Crippen molar-refractivity contribution in [1.29, 1.82) is 0 Å². The van der Waals surface area contributed by atoms with Crippen LogP contribution in [0.3, 0.4) is 0 Å². The summed E-state index contributed by atoms with van der Waals surface area (Å²) in [6.45, 7) is 0. The maximum atomic E-state index is 6.28. The lowest BCUT2D eigenvalue weighted by molar-refractivity contribution is 0.669. The third-order valence-electron chi connectivity index (χ3n) is 10.9. The van der Waals surface area contributed by atoms with Gasteiger partial charge in [-0.3, -0.25) is 0 Å². The molecule has 6 heteroatoms. The number of hydrogen-bond donors (Lipinski definition) is 0. The second-order valence-electron chi connectivity index (χ2n) is 14.3. The second kappa shape index (κ2) is 12.8. The van der Waals surface area contributed by atoms with Gasteiger partial charge in [-0.05, 0) is 70.8 Å². The third-order valence-corrected chi connectivity index (χ3v) is 13.3. The Balaban J connectivity index is 1.07. The highest BCUT2D eigenvalue weighted by molar-refractivity contribution is 7.26. The van der Waals surface area contributed by atoms with Gasteiger partial charge in [-0.2, -0.15) is 0 Å². The fourth-order valence-corrected chi connectivity index (χ4v) is 10.7. The Kier molecular flexibility index (Phi) is 7.24. The minimum absolute atomic E-state index is 0.613. The van der Waals surface area contributed by atoms with Gasteiger partial charge in [-0.25, -0.2) is 15.0 Å². The molecule has 0 radical (unpaired) electrons. The van der Waals surface area contributed by atoms with E-state index in [-0.39, 0.29) is 0 Å². The molecule has 0 bridgehead atoms. The molecule has 0 saturated heterocycles. The van der Waals surface area contributed by atoms with E-state index in [9.17, 15) is 0 Å². The van der Waals surface area contributed by atoms with Gasteiger partial charge in [0.15, 0.2) is 17.5 Å². The summed E-state index contributed by atoms with van der Waals surface area (Å²) in [5.74, 6) is 1.89. The van der Waals surface area contributed by atoms with E-state index >= 15 is 0 Å². The molecule has 0 aliphatic rings. The molecule has 0 unspecified atom stereocenters. The predicted molar refractivity (Wildman–Crippen MR) is 240 cm³/mol. The normalized spacial score (nSPS) is 11.9. The van der Waals surface area contributed by atoms with Gasteiger partial charge in [-0.1, -0.05) is 127 Å². The molecule has 0 N–H and O–H groups in total. The fraction of sp³-hybridized carbons (Fsp3) is 0. The number of benzene rings is 8. The molecule has 0 atom stereocenters. The summed E-state index contributed by atoms with van der Waals surface area (Å²) in [6.07, 6.45) is 0. The van der Waals surface area contributed by atoms with Gasteiger partial charge in [0, 0.05) is 67.8 Å². The fourth-order valence-electron chi connectivity index (χ4n) is 8.32. The monoisotopic (exact) mass is 763 g/mol. The molecular weight excluding hydrogens is 735 g/mol. The standard InChI is InChI=1S/C51H29N3OS2/c1-3-13-30(14-4-1)33-28-39(47-36-18-8-10-24-43(36)56-45(47)29-33)32-25-26-44-40(27-32)34-19-11-21-38(48(34)57-44)51-53-49(31-15-5-2-6-16-31)52-50(54-51)37-20-12-23-42-46(37)35-17-7-9-22-41(35)55-42/h1-29H. The molecule has 0 aliphatic heterocycles. The van der Waals surface area contributed by atoms with Crippen LogP contribution in [-0.4, -0.2) is 15.0 Å². The minimum atomic E-state index is 0.613. The van der Waals surface area contributed by atoms with Crippen molar-refractivity contribution in [3.05, 3.63) is 176 Å². The molecule has 12 aromatic rings. The Morgan fingerprint density at radius 3 is 1.84 bits per heavy atom. The van der Waals surface area contributed by atoms with Gasteiger partial charge in [0.2, 0.25) is 0 Å². The number of furan rings is 1. The molecule has 57 heavy (non-hydrogen) atoms. The van der Waals surface area contributed by atoms with Crippen molar-refractivity contribution in [3.8, 4) is 56.4 Å². The first-order valence-electron chi connectivity index (χ1n) is 18.9. The maximum Gasteiger partial charge on any atom is 0.165 e. The molecule has 4 aromatic heterocycles. The predicted octanol–water partition coefficient (Wildman–Crippen LogP) is 14.8. The highest BCUT2D eigenvalue weighted by Gasteiger charge is 2.21. The zero-order chi connectivity index (χ0) is 37.5. The molecule has 0 amide bonds. The average Bonchev–Trinajstić information content (AvgIpc) is 3.97. The number of para-hydroxylation sites is 1. The first kappa shape index (κ1) is 32.3. The molecule has 4 heterocycles. The molecular formula is C51H29N3OS2. The van der Waals surface area contributed by atoms with Crippen LogP contribution in [0, 0.1) is 0 Å². The van der Waals surface area contributed by atoms with Crippen molar-refractivity contribution < 1.29 is 4.42 Å². The van der Waals surface area contributed by atoms with E-state index in [1.165, 1.54) is 57.9 Å². The number of thiophene rings is 2. The summed E-state index contributed by atoms with van der Waals surface area (Å²) in [6, 6.07) is 62.1. The Morgan fingerprint density at radius 2 is 0.982 bits per heavy atom. The van der Waals surface area contributed by atoms with E-state index in [0.717, 1.165) is 43.3 Å². The highest BCUT2D eigenvalue weighted by Crippen LogP contribution is 2.46. The van der Waals surface area contributed by atoms with Crippen molar-refractivity contribution in [2.24, 2.45) is 0 Å². The van der Waals surface area contributed by atoms with Crippen molar-refractivity contribution in [2.75, 3.05) is 0 Å². The lowest BCUT2D eigenvalue weighted by atomic mass is 9.94. The average molecular weight is 764 g/mol. The molecule has 0 spiro atoms. The van der Waals surface area contributed by atoms with E-state index in [1.807, 2.05) is 59.9 Å². The highest BCUT2D eigenvalue weighted by atomic mass is 32.1. The quantitative estimate of drug-likeness (QED) is 0.175. The Labute approximate surface area is 335 Å². The SMILES string of the molecule is c1ccc(-c2cc(-c3ccc4sc5c(-c6nc(-c7ccccc7)nc(-c7cccc8oc9ccccc9c78)n6)cccc5c4c3)c3c(c2)sc2ccccc23)cc1. The van der Waals surface area contributed by atoms with Crippen LogP contribution in [0.2, 0.25) is 0 Å². The zero-order valence-electron chi connectivity index (χ0n) is 30.3. The summed E-state index contributed by atoms with van der Waals surface area (Å²) >= 11 is 3.66. The molecule has 4 nitrogen and oxygen atoms in total. The molecule has 0 saturated carbocycles. The van der Waals surface area contributed by atoms with Crippen LogP contribution in [0.1, 0.15) is 0 Å². The lowest BCUT2D eigenvalue weighted by Crippen LogP contribution is -2.00. The van der Waals surface area contributed by atoms with Crippen molar-refractivity contribution in [2.45, 2.75) is 0 Å². The van der Waals surface area contributed by atoms with Crippen LogP contribution in [0.5, 0.6) is 0 Å². The molecule has 266 valence electrons. The largest absolute Gasteiger partial charge is 0.456 e. The van der Waals surface area contributed by atoms with Crippen molar-refractivity contribution in [1.82, 2.24) is 15.0 Å². The van der Waals surface area contributed by atoms with Crippen LogP contribution >= 0.6 is 22.7 Å². The van der Waals surface area contributed by atoms with Gasteiger partial charge < -0.3 is 4.42 Å². The van der Waals surface area contributed by atoms with Gasteiger partial charge in [0.05, 0.1) is 0 Å². The van der Waals surface area contributed by atoms with E-state index < -0.39 is 0 Å². The van der Waals surface area contributed by atoms with Crippen LogP contribution in [0.4, 0.5) is 0 Å². The van der Waals surface area contributed by atoms with Crippen molar-refractivity contribution >= 4 is 85.0 Å². The summed E-state index contributed by atoms with van der Waals surface area (Å²) in [5, 5.41) is 7.05. The van der Waals surface area contributed by atoms with Gasteiger partial charge in [-0.15, -0.1) is 22.7 Å². The van der Waals surface area contributed by atoms with Crippen LogP contribution in [0.25, 0.3) is 119 Å². The number of fused-ring (bicyclic) bond motifs is 9. The number of hydrogen-bond acceptors (Lipinski definition) is 6. The van der Waals surface area contributed by atoms with Crippen LogP contribution < -0.4 is 0 Å². The van der Waals surface area contributed by atoms with Crippen LogP contribution in [0.15, 0.2) is 180 Å². The second-order valence-corrected chi connectivity index (χ2v) is 16.4. The van der Waals surface area contributed by atoms with Gasteiger partial charge >= 0.3 is 0 Å². The van der Waals surface area contributed by atoms with E-state index in [0.29, 0.717) is 17.5 Å². The maximum absolute atomic E-state index is 6.28. The summed E-state index contributed by atoms with van der Waals surface area (Å²) in [5.41, 5.74) is 9.37. The topological polar surface area (TPSA) is 51.8 Å². The first-order chi connectivity index (χ1) is 28.2. The minimum Gasteiger partial charge on any atom is -0.456 e. The number of rotatable bonds is 5. The van der Waals surface area contributed by atoms with Gasteiger partial charge in [0.1, 0.15) is 11.2 Å². The molecule has 12 rings (SSSR count). The van der Waals surface area contributed by atoms with Crippen molar-refractivity contribution in [3.63, 3.8) is 0 Å². The lowest BCUT2D eigenvalue weighted by Gasteiger charge is -2.10. The Morgan fingerprint density at radius 1 is 0.333 bits per heavy atom. The molecule has 0 aliphatic carbocycles. The zero-order valence-corrected chi connectivity index (χ0v) is 31.9. The van der Waals surface area contributed by atoms with E-state index in [1.54, 1.807) is 11.3 Å². The summed E-state index contributed by atoms with van der Waals surface area (Å²) in [4.78, 5) is 15.5. The van der Waals surface area contributed by atoms with E-state index in [4.69, 9.17) is 19.4 Å². The smallest absolute Gasteiger partial charge is 0.165 e. The number of aromatic nitrogens is 3. The Hall–Kier alpha value is -6.99. The van der Waals surface area contributed by atoms with Crippen LogP contribution in [-0.2, 0) is 0 Å². The summed E-state index contributed by atoms with van der Waals surface area (Å²) in [7, 11) is 0. The molecule has 8 aromatic carbocycles.